The van der Waals surface area contributed by atoms with E-state index in [1.165, 1.54) is 16.0 Å². The molecule has 1 saturated heterocycles. The largest absolute Gasteiger partial charge is 0.351 e. The smallest absolute Gasteiger partial charge is 0.267 e. The quantitative estimate of drug-likeness (QED) is 0.684. The molecule has 0 radical (unpaired) electrons. The van der Waals surface area contributed by atoms with E-state index in [1.807, 2.05) is 17.4 Å². The summed E-state index contributed by atoms with van der Waals surface area (Å²) in [6.45, 7) is 8.23. The number of aromatic nitrogens is 1. The molecule has 0 aliphatic carbocycles. The summed E-state index contributed by atoms with van der Waals surface area (Å²) in [4.78, 5) is 19.8. The third kappa shape index (κ3) is 4.25. The minimum Gasteiger partial charge on any atom is -0.351 e. The molecule has 3 aromatic rings. The third-order valence-electron chi connectivity index (χ3n) is 5.55. The number of benzene rings is 1. The molecule has 1 amide bonds. The monoisotopic (exact) mass is 381 g/mol. The van der Waals surface area contributed by atoms with Crippen LogP contribution in [0.4, 0.5) is 0 Å². The minimum atomic E-state index is 0.00395. The van der Waals surface area contributed by atoms with Gasteiger partial charge in [-0.3, -0.25) is 9.69 Å². The number of hydrogen-bond donors (Lipinski definition) is 2. The van der Waals surface area contributed by atoms with Crippen molar-refractivity contribution in [3.63, 3.8) is 0 Å². The summed E-state index contributed by atoms with van der Waals surface area (Å²) in [5.74, 6) is 0.575. The van der Waals surface area contributed by atoms with Gasteiger partial charge in [-0.15, -0.1) is 11.3 Å². The number of aryl methyl sites for hydroxylation is 2. The number of likely N-dealkylation sites (tertiary alicyclic amines) is 1. The van der Waals surface area contributed by atoms with Crippen molar-refractivity contribution in [2.75, 3.05) is 19.6 Å². The van der Waals surface area contributed by atoms with E-state index < -0.39 is 0 Å². The van der Waals surface area contributed by atoms with Crippen molar-refractivity contribution in [2.24, 2.45) is 5.92 Å². The molecule has 3 heterocycles. The van der Waals surface area contributed by atoms with Gasteiger partial charge in [-0.25, -0.2) is 0 Å². The predicted molar refractivity (Wildman–Crippen MR) is 112 cm³/mol. The molecular weight excluding hydrogens is 354 g/mol. The number of H-pyrrole nitrogens is 1. The number of thiophene rings is 1. The van der Waals surface area contributed by atoms with Crippen LogP contribution in [0.2, 0.25) is 0 Å². The van der Waals surface area contributed by atoms with Crippen molar-refractivity contribution >= 4 is 28.1 Å². The standard InChI is InChI=1S/C22H27N3OS/c1-15-10-16(2)19-12-21(24-20(19)11-15)22(26)23-13-17-5-7-25(8-6-17)14-18-4-3-9-27-18/h3-4,9-12,17,24H,5-8,13-14H2,1-2H3,(H,23,26). The zero-order chi connectivity index (χ0) is 18.8. The lowest BCUT2D eigenvalue weighted by atomic mass is 9.96. The number of piperidine rings is 1. The molecule has 0 spiro atoms. The first kappa shape index (κ1) is 18.3. The lowest BCUT2D eigenvalue weighted by Gasteiger charge is -2.31. The van der Waals surface area contributed by atoms with Crippen LogP contribution in [0.25, 0.3) is 10.9 Å². The van der Waals surface area contributed by atoms with E-state index in [0.29, 0.717) is 11.6 Å². The van der Waals surface area contributed by atoms with Gasteiger partial charge in [0.1, 0.15) is 5.69 Å². The number of amides is 1. The normalized spacial score (nSPS) is 16.1. The number of fused-ring (bicyclic) bond motifs is 1. The zero-order valence-electron chi connectivity index (χ0n) is 16.0. The van der Waals surface area contributed by atoms with Crippen molar-refractivity contribution < 1.29 is 4.79 Å². The maximum absolute atomic E-state index is 12.6. The molecule has 4 rings (SSSR count). The maximum Gasteiger partial charge on any atom is 0.267 e. The molecule has 1 aromatic carbocycles. The second-order valence-electron chi connectivity index (χ2n) is 7.73. The number of hydrogen-bond acceptors (Lipinski definition) is 3. The van der Waals surface area contributed by atoms with Crippen LogP contribution < -0.4 is 5.32 Å². The van der Waals surface area contributed by atoms with E-state index >= 15 is 0 Å². The first-order valence-corrected chi connectivity index (χ1v) is 10.6. The van der Waals surface area contributed by atoms with Gasteiger partial charge in [-0.1, -0.05) is 12.1 Å². The third-order valence-corrected chi connectivity index (χ3v) is 6.41. The second-order valence-corrected chi connectivity index (χ2v) is 8.77. The molecule has 0 saturated carbocycles. The molecule has 5 heteroatoms. The van der Waals surface area contributed by atoms with Crippen LogP contribution in [-0.4, -0.2) is 35.4 Å². The van der Waals surface area contributed by atoms with Crippen LogP contribution in [-0.2, 0) is 6.54 Å². The molecule has 1 aliphatic rings. The number of rotatable bonds is 5. The van der Waals surface area contributed by atoms with Crippen LogP contribution in [0.15, 0.2) is 35.7 Å². The summed E-state index contributed by atoms with van der Waals surface area (Å²) in [5.41, 5.74) is 4.12. The molecule has 1 fully saturated rings. The molecule has 27 heavy (non-hydrogen) atoms. The second kappa shape index (κ2) is 7.87. The van der Waals surface area contributed by atoms with E-state index in [0.717, 1.165) is 49.9 Å². The Morgan fingerprint density at radius 1 is 1.26 bits per heavy atom. The fraction of sp³-hybridized carbons (Fsp3) is 0.409. The molecule has 1 aliphatic heterocycles. The summed E-state index contributed by atoms with van der Waals surface area (Å²) in [7, 11) is 0. The summed E-state index contributed by atoms with van der Waals surface area (Å²) < 4.78 is 0. The molecule has 2 aromatic heterocycles. The topological polar surface area (TPSA) is 48.1 Å². The van der Waals surface area contributed by atoms with Crippen LogP contribution in [0.3, 0.4) is 0 Å². The Morgan fingerprint density at radius 3 is 2.81 bits per heavy atom. The Morgan fingerprint density at radius 2 is 2.07 bits per heavy atom. The fourth-order valence-electron chi connectivity index (χ4n) is 4.03. The van der Waals surface area contributed by atoms with Gasteiger partial charge in [0.05, 0.1) is 0 Å². The van der Waals surface area contributed by atoms with E-state index in [2.05, 4.69) is 58.7 Å². The molecule has 2 N–H and O–H groups in total. The van der Waals surface area contributed by atoms with E-state index in [9.17, 15) is 4.79 Å². The molecule has 4 nitrogen and oxygen atoms in total. The molecule has 142 valence electrons. The maximum atomic E-state index is 12.6. The number of nitrogens with one attached hydrogen (secondary N) is 2. The highest BCUT2D eigenvalue weighted by Gasteiger charge is 2.20. The van der Waals surface area contributed by atoms with Crippen LogP contribution >= 0.6 is 11.3 Å². The van der Waals surface area contributed by atoms with Gasteiger partial charge in [0.2, 0.25) is 0 Å². The average molecular weight is 382 g/mol. The summed E-state index contributed by atoms with van der Waals surface area (Å²) >= 11 is 1.83. The van der Waals surface area contributed by atoms with Crippen LogP contribution in [0, 0.1) is 19.8 Å². The first-order valence-electron chi connectivity index (χ1n) is 9.71. The number of nitrogens with zero attached hydrogens (tertiary/aromatic N) is 1. The fourth-order valence-corrected chi connectivity index (χ4v) is 4.77. The number of aromatic amines is 1. The van der Waals surface area contributed by atoms with Crippen molar-refractivity contribution in [3.05, 3.63) is 57.4 Å². The minimum absolute atomic E-state index is 0.00395. The van der Waals surface area contributed by atoms with Crippen molar-refractivity contribution in [1.29, 1.82) is 0 Å². The van der Waals surface area contributed by atoms with Gasteiger partial charge in [0.25, 0.3) is 5.91 Å². The molecule has 0 atom stereocenters. The number of carbonyl (C=O) groups is 1. The first-order chi connectivity index (χ1) is 13.1. The van der Waals surface area contributed by atoms with E-state index in [-0.39, 0.29) is 5.91 Å². The lowest BCUT2D eigenvalue weighted by molar-refractivity contribution is 0.0931. The highest BCUT2D eigenvalue weighted by molar-refractivity contribution is 7.09. The van der Waals surface area contributed by atoms with Crippen molar-refractivity contribution in [3.8, 4) is 0 Å². The Labute approximate surface area is 164 Å². The van der Waals surface area contributed by atoms with Crippen LogP contribution in [0.5, 0.6) is 0 Å². The predicted octanol–water partition coefficient (Wildman–Crippen LogP) is 4.49. The van der Waals surface area contributed by atoms with E-state index in [1.54, 1.807) is 0 Å². The van der Waals surface area contributed by atoms with Gasteiger partial charge < -0.3 is 10.3 Å². The summed E-state index contributed by atoms with van der Waals surface area (Å²) in [6, 6.07) is 10.6. The SMILES string of the molecule is Cc1cc(C)c2cc(C(=O)NCC3CCN(Cc4cccs4)CC3)[nH]c2c1. The van der Waals surface area contributed by atoms with E-state index in [4.69, 9.17) is 0 Å². The molecule has 0 unspecified atom stereocenters. The van der Waals surface area contributed by atoms with Gasteiger partial charge in [-0.2, -0.15) is 0 Å². The molecule has 0 bridgehead atoms. The highest BCUT2D eigenvalue weighted by Crippen LogP contribution is 2.22. The van der Waals surface area contributed by atoms with Crippen LogP contribution in [0.1, 0.15) is 39.3 Å². The van der Waals surface area contributed by atoms with Gasteiger partial charge in [0, 0.05) is 28.9 Å². The zero-order valence-corrected chi connectivity index (χ0v) is 16.9. The highest BCUT2D eigenvalue weighted by atomic mass is 32.1. The molecular formula is C22H27N3OS. The Bertz CT molecular complexity index is 921. The number of carbonyl (C=O) groups excluding carboxylic acids is 1. The van der Waals surface area contributed by atoms with Gasteiger partial charge in [0.15, 0.2) is 0 Å². The Hall–Kier alpha value is -2.11. The Balaban J connectivity index is 1.29. The summed E-state index contributed by atoms with van der Waals surface area (Å²) in [6.07, 6.45) is 2.30. The lowest BCUT2D eigenvalue weighted by Crippen LogP contribution is -2.38. The van der Waals surface area contributed by atoms with Crippen molar-refractivity contribution in [2.45, 2.75) is 33.2 Å². The van der Waals surface area contributed by atoms with Gasteiger partial charge in [-0.05, 0) is 80.4 Å². The average Bonchev–Trinajstić information content (AvgIpc) is 3.30. The summed E-state index contributed by atoms with van der Waals surface area (Å²) in [5, 5.41) is 6.41. The Kier molecular flexibility index (Phi) is 5.32. The van der Waals surface area contributed by atoms with Gasteiger partial charge >= 0.3 is 0 Å². The van der Waals surface area contributed by atoms with Crippen molar-refractivity contribution in [1.82, 2.24) is 15.2 Å².